The van der Waals surface area contributed by atoms with Gasteiger partial charge in [0.25, 0.3) is 0 Å². The van der Waals surface area contributed by atoms with E-state index in [2.05, 4.69) is 64.4 Å². The maximum Gasteiger partial charge on any atom is 0.204 e. The maximum absolute atomic E-state index is 8.58. The molecule has 0 saturated carbocycles. The first-order valence-electron chi connectivity index (χ1n) is 11.1. The third-order valence-electron chi connectivity index (χ3n) is 6.54. The summed E-state index contributed by atoms with van der Waals surface area (Å²) in [4.78, 5) is 15.6. The Balaban J connectivity index is 0.000000730. The molecule has 6 nitrogen and oxygen atoms in total. The summed E-state index contributed by atoms with van der Waals surface area (Å²) < 4.78 is 0. The molecule has 1 amide bonds. The van der Waals surface area contributed by atoms with Gasteiger partial charge in [-0.3, -0.25) is 9.80 Å². The minimum absolute atomic E-state index is 0.250. The number of aryl methyl sites for hydroxylation is 2. The van der Waals surface area contributed by atoms with E-state index in [1.807, 2.05) is 0 Å². The van der Waals surface area contributed by atoms with Crippen LogP contribution in [-0.2, 0) is 43.4 Å². The van der Waals surface area contributed by atoms with Gasteiger partial charge in [-0.1, -0.05) is 12.1 Å². The van der Waals surface area contributed by atoms with Crippen molar-refractivity contribution in [2.24, 2.45) is 5.73 Å². The van der Waals surface area contributed by atoms with E-state index < -0.39 is 0 Å². The summed E-state index contributed by atoms with van der Waals surface area (Å²) in [5.41, 5.74) is 18.3. The number of rotatable bonds is 5. The summed E-state index contributed by atoms with van der Waals surface area (Å²) in [6.07, 6.45) is 8.92. The molecule has 1 aliphatic heterocycles. The highest BCUT2D eigenvalue weighted by molar-refractivity contribution is 7.97. The number of carbonyl (C=O) groups excluding carboxylic acids is 1. The van der Waals surface area contributed by atoms with E-state index in [-0.39, 0.29) is 6.41 Å². The van der Waals surface area contributed by atoms with Crippen LogP contribution in [0.2, 0.25) is 0 Å². The van der Waals surface area contributed by atoms with Crippen molar-refractivity contribution in [3.63, 3.8) is 0 Å². The maximum atomic E-state index is 8.58. The molecule has 0 saturated heterocycles. The highest BCUT2D eigenvalue weighted by Gasteiger charge is 2.25. The predicted octanol–water partition coefficient (Wildman–Crippen LogP) is 2.91. The Labute approximate surface area is 189 Å². The molecule has 4 N–H and O–H groups in total. The normalized spacial score (nSPS) is 16.7. The molecular formula is C24H33N5OS. The number of primary amides is 1. The number of nitrogens with two attached hydrogens (primary N) is 1. The first kappa shape index (κ1) is 22.1. The molecule has 1 heterocycles. The Kier molecular flexibility index (Phi) is 7.17. The van der Waals surface area contributed by atoms with Gasteiger partial charge in [0, 0.05) is 25.0 Å². The lowest BCUT2D eigenvalue weighted by molar-refractivity contribution is -0.106. The number of likely N-dealkylation sites (N-methyl/N-ethyl adjacent to an activating group) is 1. The quantitative estimate of drug-likeness (QED) is 0.378. The highest BCUT2D eigenvalue weighted by Crippen LogP contribution is 2.39. The van der Waals surface area contributed by atoms with Gasteiger partial charge in [-0.15, -0.1) is 0 Å². The van der Waals surface area contributed by atoms with E-state index in [0.717, 1.165) is 19.5 Å². The van der Waals surface area contributed by atoms with Crippen molar-refractivity contribution in [3.8, 4) is 0 Å². The van der Waals surface area contributed by atoms with Crippen LogP contribution in [0.25, 0.3) is 0 Å². The summed E-state index contributed by atoms with van der Waals surface area (Å²) in [5, 5.41) is 2.22. The van der Waals surface area contributed by atoms with Crippen LogP contribution in [0.1, 0.15) is 46.2 Å². The van der Waals surface area contributed by atoms with Crippen molar-refractivity contribution >= 4 is 24.0 Å². The highest BCUT2D eigenvalue weighted by atomic mass is 32.2. The Morgan fingerprint density at radius 3 is 2.35 bits per heavy atom. The summed E-state index contributed by atoms with van der Waals surface area (Å²) in [7, 11) is 4.35. The van der Waals surface area contributed by atoms with Crippen LogP contribution in [-0.4, -0.2) is 32.0 Å². The molecule has 166 valence electrons. The van der Waals surface area contributed by atoms with Crippen LogP contribution < -0.4 is 21.1 Å². The molecule has 0 atom stereocenters. The lowest BCUT2D eigenvalue weighted by atomic mass is 9.98. The van der Waals surface area contributed by atoms with Crippen molar-refractivity contribution in [2.45, 2.75) is 56.4 Å². The van der Waals surface area contributed by atoms with Crippen molar-refractivity contribution in [1.82, 2.24) is 15.3 Å². The number of fused-ring (bicyclic) bond motifs is 3. The number of hydrogen-bond acceptors (Lipinski definition) is 6. The largest absolute Gasteiger partial charge is 0.372 e. The fraction of sp³-hybridized carbons (Fsp3) is 0.458. The number of amides is 1. The van der Waals surface area contributed by atoms with E-state index in [1.165, 1.54) is 60.2 Å². The third kappa shape index (κ3) is 4.90. The first-order chi connectivity index (χ1) is 15.1. The molecule has 5 rings (SSSR count). The minimum Gasteiger partial charge on any atom is -0.372 e. The summed E-state index contributed by atoms with van der Waals surface area (Å²) in [6, 6.07) is 9.36. The summed E-state index contributed by atoms with van der Waals surface area (Å²) >= 11 is 1.67. The van der Waals surface area contributed by atoms with E-state index in [4.69, 9.17) is 4.79 Å². The second kappa shape index (κ2) is 10.0. The molecule has 0 fully saturated rings. The number of benzene rings is 2. The molecular weight excluding hydrogens is 406 g/mol. The molecule has 2 aromatic rings. The topological polar surface area (TPSA) is 73.6 Å². The van der Waals surface area contributed by atoms with Crippen molar-refractivity contribution < 1.29 is 4.79 Å². The zero-order valence-electron chi connectivity index (χ0n) is 18.5. The van der Waals surface area contributed by atoms with Crippen LogP contribution >= 0.6 is 11.9 Å². The number of hydrazine groups is 2. The van der Waals surface area contributed by atoms with Gasteiger partial charge in [-0.2, -0.15) is 10.4 Å². The van der Waals surface area contributed by atoms with Crippen molar-refractivity contribution in [1.29, 1.82) is 0 Å². The number of anilines is 1. The Bertz CT molecular complexity index is 916. The van der Waals surface area contributed by atoms with E-state index in [0.29, 0.717) is 0 Å². The number of nitrogens with one attached hydrogen (secondary N) is 2. The first-order valence-corrected chi connectivity index (χ1v) is 12.0. The van der Waals surface area contributed by atoms with Gasteiger partial charge in [0.15, 0.2) is 0 Å². The summed E-state index contributed by atoms with van der Waals surface area (Å²) in [6.45, 7) is 2.22. The smallest absolute Gasteiger partial charge is 0.204 e. The Hall–Kier alpha value is -2.06. The molecule has 0 unspecified atom stereocenters. The predicted molar refractivity (Wildman–Crippen MR) is 128 cm³/mol. The average Bonchev–Trinajstić information content (AvgIpc) is 3.41. The van der Waals surface area contributed by atoms with Crippen LogP contribution in [0.3, 0.4) is 0 Å². The Morgan fingerprint density at radius 1 is 1.00 bits per heavy atom. The molecule has 31 heavy (non-hydrogen) atoms. The SMILES string of the molecule is CN1CCc2cc(SNNN(C)c3c4c(cc5c3CCC5)CCC4)ccc2C1.NC=O. The molecule has 2 aromatic carbocycles. The van der Waals surface area contributed by atoms with Crippen LogP contribution in [0, 0.1) is 0 Å². The lowest BCUT2D eigenvalue weighted by Crippen LogP contribution is -2.42. The number of carbonyl (C=O) groups is 1. The van der Waals surface area contributed by atoms with Gasteiger partial charge in [-0.25, -0.2) is 0 Å². The van der Waals surface area contributed by atoms with Gasteiger partial charge in [0.2, 0.25) is 6.41 Å². The van der Waals surface area contributed by atoms with Crippen LogP contribution in [0.5, 0.6) is 0 Å². The number of nitrogens with zero attached hydrogens (tertiary/aromatic N) is 2. The van der Waals surface area contributed by atoms with Crippen molar-refractivity contribution in [3.05, 3.63) is 57.6 Å². The standard InChI is InChI=1S/C23H30N4S.CH3NO/c1-26-12-11-16-14-20(10-9-19(16)15-26)28-25-24-27(2)23-21-7-3-5-17(21)13-18-6-4-8-22(18)23;2-1-3/h9-10,13-14,24-25H,3-8,11-12,15H2,1-2H3;1H,(H2,2,3). The van der Waals surface area contributed by atoms with Crippen molar-refractivity contribution in [2.75, 3.05) is 25.6 Å². The van der Waals surface area contributed by atoms with E-state index in [9.17, 15) is 0 Å². The second-order valence-electron chi connectivity index (χ2n) is 8.64. The molecule has 7 heteroatoms. The minimum atomic E-state index is 0.250. The van der Waals surface area contributed by atoms with E-state index >= 15 is 0 Å². The average molecular weight is 440 g/mol. The zero-order valence-corrected chi connectivity index (χ0v) is 19.4. The fourth-order valence-corrected chi connectivity index (χ4v) is 5.77. The number of hydrogen-bond donors (Lipinski definition) is 3. The zero-order chi connectivity index (χ0) is 21.8. The Morgan fingerprint density at radius 2 is 1.68 bits per heavy atom. The molecule has 2 aliphatic carbocycles. The second-order valence-corrected chi connectivity index (χ2v) is 9.52. The monoisotopic (exact) mass is 439 g/mol. The third-order valence-corrected chi connectivity index (χ3v) is 7.22. The van der Waals surface area contributed by atoms with E-state index in [1.54, 1.807) is 34.2 Å². The van der Waals surface area contributed by atoms with Gasteiger partial charge in [0.05, 0.1) is 5.69 Å². The molecule has 0 spiro atoms. The summed E-state index contributed by atoms with van der Waals surface area (Å²) in [5.74, 6) is 0. The molecule has 0 radical (unpaired) electrons. The molecule has 3 aliphatic rings. The van der Waals surface area contributed by atoms with Gasteiger partial charge in [-0.05, 0) is 109 Å². The molecule has 0 aromatic heterocycles. The lowest BCUT2D eigenvalue weighted by Gasteiger charge is -2.27. The fourth-order valence-electron chi connectivity index (χ4n) is 5.13. The van der Waals surface area contributed by atoms with Crippen LogP contribution in [0.15, 0.2) is 29.2 Å². The molecule has 0 bridgehead atoms. The van der Waals surface area contributed by atoms with Gasteiger partial charge < -0.3 is 10.6 Å². The van der Waals surface area contributed by atoms with Gasteiger partial charge >= 0.3 is 0 Å². The van der Waals surface area contributed by atoms with Gasteiger partial charge in [0.1, 0.15) is 0 Å². The van der Waals surface area contributed by atoms with Crippen LogP contribution in [0.4, 0.5) is 5.69 Å².